The Labute approximate surface area is 124 Å². The van der Waals surface area contributed by atoms with Gasteiger partial charge in [-0.15, -0.1) is 0 Å². The summed E-state index contributed by atoms with van der Waals surface area (Å²) < 4.78 is 0. The zero-order valence-electron chi connectivity index (χ0n) is 10.8. The molecular weight excluding hydrogens is 281 g/mol. The van der Waals surface area contributed by atoms with Gasteiger partial charge < -0.3 is 5.43 Å². The number of nitrogens with one attached hydrogen (secondary N) is 1. The maximum Gasteiger partial charge on any atom is 0.144 e. The third-order valence-electron chi connectivity index (χ3n) is 3.46. The molecule has 3 nitrogen and oxygen atoms in total. The van der Waals surface area contributed by atoms with Gasteiger partial charge in [0.25, 0.3) is 0 Å². The van der Waals surface area contributed by atoms with Crippen LogP contribution in [0.1, 0.15) is 44.1 Å². The van der Waals surface area contributed by atoms with E-state index in [1.54, 1.807) is 12.1 Å². The van der Waals surface area contributed by atoms with Gasteiger partial charge in [0.2, 0.25) is 0 Å². The number of nitrogens with two attached hydrogens (primary N) is 1. The molecule has 0 unspecified atom stereocenters. The summed E-state index contributed by atoms with van der Waals surface area (Å²) in [5.41, 5.74) is 3.47. The third kappa shape index (κ3) is 4.10. The molecule has 0 aromatic heterocycles. The van der Waals surface area contributed by atoms with Gasteiger partial charge in [-0.1, -0.05) is 48.9 Å². The number of hydrazine groups is 1. The molecule has 0 spiro atoms. The van der Waals surface area contributed by atoms with Crippen LogP contribution in [0.5, 0.6) is 0 Å². The van der Waals surface area contributed by atoms with Crippen LogP contribution in [-0.2, 0) is 0 Å². The number of halogens is 2. The van der Waals surface area contributed by atoms with Gasteiger partial charge in [0.05, 0.1) is 11.1 Å². The molecule has 3 N–H and O–H groups in total. The summed E-state index contributed by atoms with van der Waals surface area (Å²) in [6.07, 6.45) is 7.33. The van der Waals surface area contributed by atoms with Gasteiger partial charge in [0.1, 0.15) is 5.84 Å². The number of aliphatic imine (C=N–C) groups is 1. The lowest BCUT2D eigenvalue weighted by atomic mass is 10.1. The van der Waals surface area contributed by atoms with Crippen LogP contribution in [0.25, 0.3) is 0 Å². The molecule has 0 bridgehead atoms. The minimum absolute atomic E-state index is 0.334. The molecule has 0 heterocycles. The van der Waals surface area contributed by atoms with Gasteiger partial charge in [-0.25, -0.2) is 5.84 Å². The first-order valence-electron chi connectivity index (χ1n) is 6.70. The van der Waals surface area contributed by atoms with Crippen LogP contribution in [0.2, 0.25) is 10.0 Å². The quantitative estimate of drug-likeness (QED) is 0.286. The minimum atomic E-state index is 0.334. The first-order chi connectivity index (χ1) is 9.20. The predicted molar refractivity (Wildman–Crippen MR) is 81.8 cm³/mol. The number of rotatable bonds is 2. The van der Waals surface area contributed by atoms with Crippen LogP contribution in [0, 0.1) is 0 Å². The molecule has 1 aliphatic rings. The molecule has 104 valence electrons. The lowest BCUT2D eigenvalue weighted by molar-refractivity contribution is 0.583. The van der Waals surface area contributed by atoms with E-state index in [9.17, 15) is 0 Å². The largest absolute Gasteiger partial charge is 0.308 e. The number of hydrogen-bond donors (Lipinski definition) is 2. The zero-order chi connectivity index (χ0) is 13.7. The summed E-state index contributed by atoms with van der Waals surface area (Å²) in [4.78, 5) is 4.73. The van der Waals surface area contributed by atoms with E-state index in [1.807, 2.05) is 6.07 Å². The first kappa shape index (κ1) is 14.6. The second-order valence-electron chi connectivity index (χ2n) is 4.89. The van der Waals surface area contributed by atoms with Crippen molar-refractivity contribution in [3.8, 4) is 0 Å². The summed E-state index contributed by atoms with van der Waals surface area (Å²) in [6, 6.07) is 5.68. The van der Waals surface area contributed by atoms with Gasteiger partial charge in [0.15, 0.2) is 0 Å². The number of nitrogens with zero attached hydrogens (tertiary/aromatic N) is 1. The highest BCUT2D eigenvalue weighted by Gasteiger charge is 2.14. The second kappa shape index (κ2) is 7.13. The van der Waals surface area contributed by atoms with Crippen molar-refractivity contribution in [3.63, 3.8) is 0 Å². The van der Waals surface area contributed by atoms with Crippen molar-refractivity contribution in [2.75, 3.05) is 0 Å². The van der Waals surface area contributed by atoms with Crippen LogP contribution in [0.3, 0.4) is 0 Å². The maximum atomic E-state index is 6.19. The molecule has 0 radical (unpaired) electrons. The second-order valence-corrected chi connectivity index (χ2v) is 5.74. The average molecular weight is 300 g/mol. The zero-order valence-corrected chi connectivity index (χ0v) is 12.3. The molecule has 1 aromatic carbocycles. The molecule has 1 aliphatic carbocycles. The van der Waals surface area contributed by atoms with E-state index in [0.717, 1.165) is 18.4 Å². The summed E-state index contributed by atoms with van der Waals surface area (Å²) in [7, 11) is 0. The van der Waals surface area contributed by atoms with Crippen LogP contribution < -0.4 is 11.3 Å². The Balaban J connectivity index is 2.22. The van der Waals surface area contributed by atoms with Crippen molar-refractivity contribution in [1.29, 1.82) is 0 Å². The van der Waals surface area contributed by atoms with Crippen LogP contribution in [0.4, 0.5) is 0 Å². The molecule has 5 heteroatoms. The van der Waals surface area contributed by atoms with E-state index in [1.165, 1.54) is 25.7 Å². The summed E-state index contributed by atoms with van der Waals surface area (Å²) >= 11 is 12.1. The van der Waals surface area contributed by atoms with Crippen molar-refractivity contribution in [1.82, 2.24) is 5.43 Å². The molecule has 0 atom stereocenters. The average Bonchev–Trinajstić information content (AvgIpc) is 2.65. The normalized spacial score (nSPS) is 18.2. The van der Waals surface area contributed by atoms with Crippen molar-refractivity contribution < 1.29 is 0 Å². The Kier molecular flexibility index (Phi) is 5.49. The molecule has 19 heavy (non-hydrogen) atoms. The molecule has 1 saturated carbocycles. The van der Waals surface area contributed by atoms with Gasteiger partial charge >= 0.3 is 0 Å². The fourth-order valence-electron chi connectivity index (χ4n) is 2.44. The van der Waals surface area contributed by atoms with Crippen molar-refractivity contribution in [3.05, 3.63) is 33.8 Å². The Bertz CT molecular complexity index is 452. The summed E-state index contributed by atoms with van der Waals surface area (Å²) in [6.45, 7) is 0. The molecule has 0 aliphatic heterocycles. The first-order valence-corrected chi connectivity index (χ1v) is 7.46. The molecule has 2 rings (SSSR count). The van der Waals surface area contributed by atoms with Gasteiger partial charge in [0, 0.05) is 10.6 Å². The lowest BCUT2D eigenvalue weighted by Gasteiger charge is -2.13. The van der Waals surface area contributed by atoms with Crippen LogP contribution in [-0.4, -0.2) is 11.9 Å². The third-order valence-corrected chi connectivity index (χ3v) is 4.01. The molecule has 1 fully saturated rings. The summed E-state index contributed by atoms with van der Waals surface area (Å²) in [5.74, 6) is 6.24. The Hall–Kier alpha value is -0.770. The standard InChI is InChI=1S/C14H19Cl2N3/c15-10-7-8-12(13(16)9-10)14(19-17)18-11-5-3-1-2-4-6-11/h7-9,11H,1-6,17H2,(H,18,19). The fraction of sp³-hybridized carbons (Fsp3) is 0.500. The summed E-state index contributed by atoms with van der Waals surface area (Å²) in [5, 5.41) is 1.18. The van der Waals surface area contributed by atoms with Crippen LogP contribution >= 0.6 is 23.2 Å². The van der Waals surface area contributed by atoms with Gasteiger partial charge in [-0.05, 0) is 31.0 Å². The number of hydrogen-bond acceptors (Lipinski definition) is 2. The van der Waals surface area contributed by atoms with E-state index in [4.69, 9.17) is 34.0 Å². The lowest BCUT2D eigenvalue weighted by Crippen LogP contribution is -2.32. The molecular formula is C14H19Cl2N3. The Morgan fingerprint density at radius 1 is 1.16 bits per heavy atom. The van der Waals surface area contributed by atoms with Crippen molar-refractivity contribution >= 4 is 29.0 Å². The fourth-order valence-corrected chi connectivity index (χ4v) is 2.93. The van der Waals surface area contributed by atoms with Gasteiger partial charge in [-0.3, -0.25) is 4.99 Å². The van der Waals surface area contributed by atoms with Crippen molar-refractivity contribution in [2.24, 2.45) is 10.8 Å². The highest BCUT2D eigenvalue weighted by molar-refractivity contribution is 6.36. The SMILES string of the molecule is NNC(=NC1CCCCCC1)c1ccc(Cl)cc1Cl. The number of benzene rings is 1. The molecule has 0 saturated heterocycles. The van der Waals surface area contributed by atoms with Crippen LogP contribution in [0.15, 0.2) is 23.2 Å². The van der Waals surface area contributed by atoms with Gasteiger partial charge in [-0.2, -0.15) is 0 Å². The molecule has 1 aromatic rings. The van der Waals surface area contributed by atoms with E-state index < -0.39 is 0 Å². The van der Waals surface area contributed by atoms with E-state index in [-0.39, 0.29) is 0 Å². The predicted octanol–water partition coefficient (Wildman–Crippen LogP) is 3.93. The Morgan fingerprint density at radius 3 is 2.42 bits per heavy atom. The molecule has 0 amide bonds. The van der Waals surface area contributed by atoms with Crippen molar-refractivity contribution in [2.45, 2.75) is 44.6 Å². The highest BCUT2D eigenvalue weighted by Crippen LogP contribution is 2.23. The highest BCUT2D eigenvalue weighted by atomic mass is 35.5. The minimum Gasteiger partial charge on any atom is -0.308 e. The van der Waals surface area contributed by atoms with E-state index in [0.29, 0.717) is 21.9 Å². The smallest absolute Gasteiger partial charge is 0.144 e. The maximum absolute atomic E-state index is 6.19. The Morgan fingerprint density at radius 2 is 1.84 bits per heavy atom. The topological polar surface area (TPSA) is 50.4 Å². The van der Waals surface area contributed by atoms with E-state index in [2.05, 4.69) is 5.43 Å². The number of amidine groups is 1. The van der Waals surface area contributed by atoms with E-state index >= 15 is 0 Å². The monoisotopic (exact) mass is 299 g/mol.